The Labute approximate surface area is 159 Å². The summed E-state index contributed by atoms with van der Waals surface area (Å²) in [6, 6.07) is 9.08. The summed E-state index contributed by atoms with van der Waals surface area (Å²) < 4.78 is 20.3. The number of benzene rings is 2. The van der Waals surface area contributed by atoms with E-state index in [0.717, 1.165) is 0 Å². The summed E-state index contributed by atoms with van der Waals surface area (Å²) in [5.74, 6) is -0.980. The number of fused-ring (bicyclic) bond motifs is 1. The quantitative estimate of drug-likeness (QED) is 0.703. The van der Waals surface area contributed by atoms with Crippen molar-refractivity contribution >= 4 is 34.1 Å². The van der Waals surface area contributed by atoms with E-state index in [4.69, 9.17) is 16.3 Å². The fraction of sp³-hybridized carbons (Fsp3) is 0.211. The van der Waals surface area contributed by atoms with Gasteiger partial charge in [0, 0.05) is 23.4 Å². The van der Waals surface area contributed by atoms with Gasteiger partial charge in [-0.15, -0.1) is 0 Å². The minimum absolute atomic E-state index is 0.126. The van der Waals surface area contributed by atoms with Crippen LogP contribution in [0.25, 0.3) is 10.9 Å². The van der Waals surface area contributed by atoms with Gasteiger partial charge in [-0.2, -0.15) is 0 Å². The molecule has 3 rings (SSSR count). The number of carbonyl (C=O) groups excluding carboxylic acids is 1. The van der Waals surface area contributed by atoms with Crippen LogP contribution < -0.4 is 10.9 Å². The predicted octanol–water partition coefficient (Wildman–Crippen LogP) is 3.02. The Balaban J connectivity index is 1.83. The fourth-order valence-electron chi connectivity index (χ4n) is 2.65. The second-order valence-corrected chi connectivity index (χ2v) is 6.30. The molecule has 2 aromatic carbocycles. The lowest BCUT2D eigenvalue weighted by atomic mass is 10.1. The molecule has 8 heteroatoms. The molecular formula is C19H17ClFN3O3. The number of hydrogen-bond donors (Lipinski definition) is 1. The van der Waals surface area contributed by atoms with Gasteiger partial charge in [-0.05, 0) is 30.3 Å². The zero-order valence-electron chi connectivity index (χ0n) is 14.5. The van der Waals surface area contributed by atoms with Gasteiger partial charge in [-0.25, -0.2) is 9.37 Å². The third-order valence-electron chi connectivity index (χ3n) is 4.04. The number of carbonyl (C=O) groups is 1. The molecule has 27 heavy (non-hydrogen) atoms. The molecule has 0 saturated heterocycles. The first-order chi connectivity index (χ1) is 13.0. The van der Waals surface area contributed by atoms with E-state index >= 15 is 0 Å². The minimum atomic E-state index is -0.540. The largest absolute Gasteiger partial charge is 0.383 e. The van der Waals surface area contributed by atoms with Gasteiger partial charge in [0.05, 0.1) is 36.8 Å². The highest BCUT2D eigenvalue weighted by molar-refractivity contribution is 6.31. The molecule has 0 spiro atoms. The Morgan fingerprint density at radius 1 is 1.33 bits per heavy atom. The maximum absolute atomic E-state index is 13.8. The third-order valence-corrected chi connectivity index (χ3v) is 4.40. The summed E-state index contributed by atoms with van der Waals surface area (Å²) in [6.07, 6.45) is 1.25. The number of rotatable bonds is 6. The second kappa shape index (κ2) is 8.28. The van der Waals surface area contributed by atoms with Gasteiger partial charge in [0.25, 0.3) is 5.56 Å². The van der Waals surface area contributed by atoms with Gasteiger partial charge in [0.15, 0.2) is 0 Å². The molecule has 6 nitrogen and oxygen atoms in total. The SMILES string of the molecule is COCCn1cnc2ccc(NC(=O)Cc3c(F)cccc3Cl)cc2c1=O. The normalized spacial score (nSPS) is 10.9. The molecule has 140 valence electrons. The number of nitrogens with one attached hydrogen (secondary N) is 1. The number of methoxy groups -OCH3 is 1. The number of hydrogen-bond acceptors (Lipinski definition) is 4. The van der Waals surface area contributed by atoms with Crippen LogP contribution in [0.4, 0.5) is 10.1 Å². The Morgan fingerprint density at radius 2 is 2.15 bits per heavy atom. The van der Waals surface area contributed by atoms with Crippen molar-refractivity contribution < 1.29 is 13.9 Å². The van der Waals surface area contributed by atoms with Gasteiger partial charge in [0.2, 0.25) is 5.91 Å². The number of aromatic nitrogens is 2. The summed E-state index contributed by atoms with van der Waals surface area (Å²) in [6.45, 7) is 0.758. The van der Waals surface area contributed by atoms with Crippen LogP contribution in [0.2, 0.25) is 5.02 Å². The van der Waals surface area contributed by atoms with Crippen LogP contribution in [0, 0.1) is 5.82 Å². The van der Waals surface area contributed by atoms with Crippen molar-refractivity contribution in [1.82, 2.24) is 9.55 Å². The molecular weight excluding hydrogens is 373 g/mol. The smallest absolute Gasteiger partial charge is 0.261 e. The summed E-state index contributed by atoms with van der Waals surface area (Å²) in [5.41, 5.74) is 0.832. The van der Waals surface area contributed by atoms with Crippen molar-refractivity contribution in [3.63, 3.8) is 0 Å². The zero-order chi connectivity index (χ0) is 19.4. The average molecular weight is 390 g/mol. The van der Waals surface area contributed by atoms with Crippen molar-refractivity contribution in [2.45, 2.75) is 13.0 Å². The third kappa shape index (κ3) is 4.32. The molecule has 0 fully saturated rings. The van der Waals surface area contributed by atoms with Gasteiger partial charge >= 0.3 is 0 Å². The molecule has 1 heterocycles. The summed E-state index contributed by atoms with van der Waals surface area (Å²) in [4.78, 5) is 29.0. The summed E-state index contributed by atoms with van der Waals surface area (Å²) in [7, 11) is 1.55. The molecule has 0 unspecified atom stereocenters. The van der Waals surface area contributed by atoms with Gasteiger partial charge < -0.3 is 10.1 Å². The van der Waals surface area contributed by atoms with Crippen LogP contribution in [0.1, 0.15) is 5.56 Å². The molecule has 0 bridgehead atoms. The lowest BCUT2D eigenvalue weighted by Gasteiger charge is -2.09. The first-order valence-corrected chi connectivity index (χ1v) is 8.58. The van der Waals surface area contributed by atoms with Crippen LogP contribution >= 0.6 is 11.6 Å². The lowest BCUT2D eigenvalue weighted by molar-refractivity contribution is -0.115. The van der Waals surface area contributed by atoms with Crippen molar-refractivity contribution in [1.29, 1.82) is 0 Å². The molecule has 1 amide bonds. The van der Waals surface area contributed by atoms with E-state index in [2.05, 4.69) is 10.3 Å². The molecule has 1 N–H and O–H groups in total. The Bertz CT molecular complexity index is 1030. The van der Waals surface area contributed by atoms with Gasteiger partial charge in [-0.3, -0.25) is 14.2 Å². The van der Waals surface area contributed by atoms with Crippen LogP contribution in [0.5, 0.6) is 0 Å². The molecule has 3 aromatic rings. The van der Waals surface area contributed by atoms with Crippen molar-refractivity contribution in [2.24, 2.45) is 0 Å². The summed E-state index contributed by atoms with van der Waals surface area (Å²) in [5, 5.41) is 3.22. The first kappa shape index (κ1) is 19.0. The van der Waals surface area contributed by atoms with E-state index < -0.39 is 11.7 Å². The number of amides is 1. The molecule has 0 radical (unpaired) electrons. The highest BCUT2D eigenvalue weighted by Gasteiger charge is 2.13. The standard InChI is InChI=1S/C19H17ClFN3O3/c1-27-8-7-24-11-22-17-6-5-12(9-14(17)19(24)26)23-18(25)10-13-15(20)3-2-4-16(13)21/h2-6,9,11H,7-8,10H2,1H3,(H,23,25). The van der Waals surface area contributed by atoms with Crippen LogP contribution in [-0.2, 0) is 22.5 Å². The van der Waals surface area contributed by atoms with Gasteiger partial charge in [-0.1, -0.05) is 17.7 Å². The van der Waals surface area contributed by atoms with Crippen molar-refractivity contribution in [3.05, 3.63) is 69.5 Å². The predicted molar refractivity (Wildman–Crippen MR) is 102 cm³/mol. The topological polar surface area (TPSA) is 73.2 Å². The molecule has 0 atom stereocenters. The maximum Gasteiger partial charge on any atom is 0.261 e. The van der Waals surface area contributed by atoms with E-state index in [0.29, 0.717) is 29.7 Å². The maximum atomic E-state index is 13.8. The Kier molecular flexibility index (Phi) is 5.83. The van der Waals surface area contributed by atoms with Crippen molar-refractivity contribution in [2.75, 3.05) is 19.0 Å². The second-order valence-electron chi connectivity index (χ2n) is 5.89. The molecule has 0 aliphatic heterocycles. The van der Waals surface area contributed by atoms with Crippen LogP contribution in [0.3, 0.4) is 0 Å². The van der Waals surface area contributed by atoms with E-state index in [1.807, 2.05) is 0 Å². The molecule has 0 aliphatic carbocycles. The first-order valence-electron chi connectivity index (χ1n) is 8.20. The Hall–Kier alpha value is -2.77. The fourth-order valence-corrected chi connectivity index (χ4v) is 2.88. The highest BCUT2D eigenvalue weighted by atomic mass is 35.5. The van der Waals surface area contributed by atoms with E-state index in [-0.39, 0.29) is 22.6 Å². The monoisotopic (exact) mass is 389 g/mol. The number of halogens is 2. The van der Waals surface area contributed by atoms with Gasteiger partial charge in [0.1, 0.15) is 5.82 Å². The zero-order valence-corrected chi connectivity index (χ0v) is 15.3. The number of ether oxygens (including phenoxy) is 1. The van der Waals surface area contributed by atoms with E-state index in [9.17, 15) is 14.0 Å². The lowest BCUT2D eigenvalue weighted by Crippen LogP contribution is -2.23. The average Bonchev–Trinajstić information content (AvgIpc) is 2.65. The van der Waals surface area contributed by atoms with E-state index in [1.54, 1.807) is 25.3 Å². The summed E-state index contributed by atoms with van der Waals surface area (Å²) >= 11 is 5.95. The number of anilines is 1. The van der Waals surface area contributed by atoms with E-state index in [1.165, 1.54) is 29.1 Å². The molecule has 0 aliphatic rings. The minimum Gasteiger partial charge on any atom is -0.383 e. The van der Waals surface area contributed by atoms with Crippen LogP contribution in [-0.4, -0.2) is 29.2 Å². The van der Waals surface area contributed by atoms with Crippen LogP contribution in [0.15, 0.2) is 47.5 Å². The molecule has 1 aromatic heterocycles. The number of nitrogens with zero attached hydrogens (tertiary/aromatic N) is 2. The Morgan fingerprint density at radius 3 is 2.89 bits per heavy atom. The molecule has 0 saturated carbocycles. The van der Waals surface area contributed by atoms with Crippen molar-refractivity contribution in [3.8, 4) is 0 Å². The highest BCUT2D eigenvalue weighted by Crippen LogP contribution is 2.20.